The van der Waals surface area contributed by atoms with E-state index in [4.69, 9.17) is 4.74 Å². The fourth-order valence-corrected chi connectivity index (χ4v) is 2.72. The third kappa shape index (κ3) is 3.09. The zero-order valence-corrected chi connectivity index (χ0v) is 11.8. The molecule has 1 aromatic carbocycles. The van der Waals surface area contributed by atoms with Gasteiger partial charge in [-0.2, -0.15) is 11.3 Å². The number of aliphatic hydroxyl groups excluding tert-OH is 1. The first-order valence-electron chi connectivity index (χ1n) is 5.23. The molecule has 0 aliphatic heterocycles. The Bertz CT molecular complexity index is 482. The van der Waals surface area contributed by atoms with E-state index in [1.54, 1.807) is 18.4 Å². The van der Waals surface area contributed by atoms with Crippen LogP contribution in [0.4, 0.5) is 0 Å². The van der Waals surface area contributed by atoms with Crippen LogP contribution in [0.1, 0.15) is 17.2 Å². The standard InChI is InChI=1S/C13H13BrO2S/c1-16-13-7-10(14)2-3-11(13)12(15)6-9-4-5-17-8-9/h2-5,7-8,12,15H,6H2,1H3. The molecule has 1 unspecified atom stereocenters. The fourth-order valence-electron chi connectivity index (χ4n) is 1.70. The summed E-state index contributed by atoms with van der Waals surface area (Å²) in [6.07, 6.45) is 0.0780. The Hall–Kier alpha value is -0.840. The molecule has 0 radical (unpaired) electrons. The lowest BCUT2D eigenvalue weighted by molar-refractivity contribution is 0.174. The fraction of sp³-hybridized carbons (Fsp3) is 0.231. The Morgan fingerprint density at radius 1 is 1.41 bits per heavy atom. The second-order valence-corrected chi connectivity index (χ2v) is 5.43. The van der Waals surface area contributed by atoms with Crippen molar-refractivity contribution in [1.82, 2.24) is 0 Å². The van der Waals surface area contributed by atoms with Crippen molar-refractivity contribution in [1.29, 1.82) is 0 Å². The van der Waals surface area contributed by atoms with Crippen LogP contribution in [-0.2, 0) is 6.42 Å². The summed E-state index contributed by atoms with van der Waals surface area (Å²) >= 11 is 5.03. The number of thiophene rings is 1. The Kier molecular flexibility index (Phi) is 4.20. The zero-order valence-electron chi connectivity index (χ0n) is 9.39. The maximum absolute atomic E-state index is 10.2. The van der Waals surface area contributed by atoms with Gasteiger partial charge in [0.15, 0.2) is 0 Å². The van der Waals surface area contributed by atoms with Crippen molar-refractivity contribution in [2.45, 2.75) is 12.5 Å². The van der Waals surface area contributed by atoms with E-state index in [0.29, 0.717) is 12.2 Å². The van der Waals surface area contributed by atoms with Gasteiger partial charge in [0, 0.05) is 16.5 Å². The molecule has 2 rings (SSSR count). The average molecular weight is 313 g/mol. The number of benzene rings is 1. The summed E-state index contributed by atoms with van der Waals surface area (Å²) in [7, 11) is 1.61. The van der Waals surface area contributed by atoms with Crippen LogP contribution in [0.3, 0.4) is 0 Å². The van der Waals surface area contributed by atoms with Gasteiger partial charge in [0.2, 0.25) is 0 Å². The topological polar surface area (TPSA) is 29.5 Å². The normalized spacial score (nSPS) is 12.4. The van der Waals surface area contributed by atoms with Crippen LogP contribution >= 0.6 is 27.3 Å². The minimum Gasteiger partial charge on any atom is -0.496 e. The summed E-state index contributed by atoms with van der Waals surface area (Å²) in [5, 5.41) is 14.3. The third-order valence-electron chi connectivity index (χ3n) is 2.56. The Morgan fingerprint density at radius 2 is 2.24 bits per heavy atom. The summed E-state index contributed by atoms with van der Waals surface area (Å²) in [6, 6.07) is 7.69. The maximum Gasteiger partial charge on any atom is 0.125 e. The van der Waals surface area contributed by atoms with Gasteiger partial charge in [-0.1, -0.05) is 22.0 Å². The lowest BCUT2D eigenvalue weighted by Crippen LogP contribution is -2.03. The molecule has 1 heterocycles. The first kappa shape index (κ1) is 12.6. The van der Waals surface area contributed by atoms with Gasteiger partial charge in [-0.3, -0.25) is 0 Å². The number of aliphatic hydroxyl groups is 1. The van der Waals surface area contributed by atoms with Crippen molar-refractivity contribution in [2.24, 2.45) is 0 Å². The number of halogens is 1. The molecule has 0 bridgehead atoms. The van der Waals surface area contributed by atoms with Crippen molar-refractivity contribution in [2.75, 3.05) is 7.11 Å². The average Bonchev–Trinajstić information content (AvgIpc) is 2.81. The zero-order chi connectivity index (χ0) is 12.3. The SMILES string of the molecule is COc1cc(Br)ccc1C(O)Cc1ccsc1. The predicted octanol–water partition coefficient (Wildman–Crippen LogP) is 3.80. The molecular weight excluding hydrogens is 300 g/mol. The summed E-state index contributed by atoms with van der Waals surface area (Å²) in [5.41, 5.74) is 1.97. The van der Waals surface area contributed by atoms with Crippen molar-refractivity contribution in [3.63, 3.8) is 0 Å². The number of methoxy groups -OCH3 is 1. The minimum atomic E-state index is -0.535. The number of ether oxygens (including phenoxy) is 1. The molecule has 0 saturated carbocycles. The van der Waals surface area contributed by atoms with E-state index >= 15 is 0 Å². The van der Waals surface area contributed by atoms with E-state index in [0.717, 1.165) is 15.6 Å². The lowest BCUT2D eigenvalue weighted by atomic mass is 10.0. The van der Waals surface area contributed by atoms with Gasteiger partial charge in [-0.15, -0.1) is 0 Å². The quantitative estimate of drug-likeness (QED) is 0.930. The molecule has 90 valence electrons. The molecule has 0 saturated heterocycles. The van der Waals surface area contributed by atoms with Crippen LogP contribution in [0.25, 0.3) is 0 Å². The predicted molar refractivity (Wildman–Crippen MR) is 73.7 cm³/mol. The van der Waals surface area contributed by atoms with E-state index in [1.807, 2.05) is 29.6 Å². The molecule has 0 amide bonds. The highest BCUT2D eigenvalue weighted by molar-refractivity contribution is 9.10. The molecular formula is C13H13BrO2S. The molecule has 0 aliphatic carbocycles. The van der Waals surface area contributed by atoms with Crippen LogP contribution in [0.5, 0.6) is 5.75 Å². The summed E-state index contributed by atoms with van der Waals surface area (Å²) in [6.45, 7) is 0. The molecule has 17 heavy (non-hydrogen) atoms. The van der Waals surface area contributed by atoms with Gasteiger partial charge in [0.25, 0.3) is 0 Å². The highest BCUT2D eigenvalue weighted by Crippen LogP contribution is 2.30. The molecule has 0 aliphatic rings. The Balaban J connectivity index is 2.21. The minimum absolute atomic E-state index is 0.535. The molecule has 1 aromatic heterocycles. The third-order valence-corrected chi connectivity index (χ3v) is 3.79. The molecule has 1 N–H and O–H groups in total. The second-order valence-electron chi connectivity index (χ2n) is 3.74. The molecule has 1 atom stereocenters. The molecule has 0 fully saturated rings. The van der Waals surface area contributed by atoms with E-state index in [2.05, 4.69) is 21.3 Å². The van der Waals surface area contributed by atoms with Gasteiger partial charge in [0.05, 0.1) is 13.2 Å². The van der Waals surface area contributed by atoms with Crippen LogP contribution in [0, 0.1) is 0 Å². The Labute approximate surface area is 113 Å². The van der Waals surface area contributed by atoms with E-state index in [9.17, 15) is 5.11 Å². The largest absolute Gasteiger partial charge is 0.496 e. The van der Waals surface area contributed by atoms with E-state index < -0.39 is 6.10 Å². The van der Waals surface area contributed by atoms with Crippen molar-refractivity contribution in [3.8, 4) is 5.75 Å². The Morgan fingerprint density at radius 3 is 2.88 bits per heavy atom. The van der Waals surface area contributed by atoms with Gasteiger partial charge in [-0.05, 0) is 34.5 Å². The van der Waals surface area contributed by atoms with Crippen LogP contribution < -0.4 is 4.74 Å². The number of hydrogen-bond donors (Lipinski definition) is 1. The van der Waals surface area contributed by atoms with Gasteiger partial charge in [-0.25, -0.2) is 0 Å². The molecule has 0 spiro atoms. The van der Waals surface area contributed by atoms with Gasteiger partial charge < -0.3 is 9.84 Å². The first-order valence-corrected chi connectivity index (χ1v) is 6.97. The molecule has 2 nitrogen and oxygen atoms in total. The van der Waals surface area contributed by atoms with Crippen LogP contribution in [0.15, 0.2) is 39.5 Å². The van der Waals surface area contributed by atoms with E-state index in [-0.39, 0.29) is 0 Å². The first-order chi connectivity index (χ1) is 8.20. The lowest BCUT2D eigenvalue weighted by Gasteiger charge is -2.14. The van der Waals surface area contributed by atoms with Gasteiger partial charge >= 0.3 is 0 Å². The van der Waals surface area contributed by atoms with Crippen LogP contribution in [0.2, 0.25) is 0 Å². The van der Waals surface area contributed by atoms with Gasteiger partial charge in [0.1, 0.15) is 5.75 Å². The number of hydrogen-bond acceptors (Lipinski definition) is 3. The van der Waals surface area contributed by atoms with Crippen molar-refractivity contribution >= 4 is 27.3 Å². The summed E-state index contributed by atoms with van der Waals surface area (Å²) in [5.74, 6) is 0.710. The highest BCUT2D eigenvalue weighted by Gasteiger charge is 2.14. The molecule has 2 aromatic rings. The maximum atomic E-state index is 10.2. The van der Waals surface area contributed by atoms with Crippen molar-refractivity contribution in [3.05, 3.63) is 50.6 Å². The number of rotatable bonds is 4. The summed E-state index contributed by atoms with van der Waals surface area (Å²) in [4.78, 5) is 0. The smallest absolute Gasteiger partial charge is 0.125 e. The second kappa shape index (κ2) is 5.67. The monoisotopic (exact) mass is 312 g/mol. The highest BCUT2D eigenvalue weighted by atomic mass is 79.9. The van der Waals surface area contributed by atoms with Crippen molar-refractivity contribution < 1.29 is 9.84 Å². The summed E-state index contributed by atoms with van der Waals surface area (Å²) < 4.78 is 6.22. The van der Waals surface area contributed by atoms with E-state index in [1.165, 1.54) is 0 Å². The molecule has 4 heteroatoms. The van der Waals surface area contributed by atoms with Crippen LogP contribution in [-0.4, -0.2) is 12.2 Å².